The van der Waals surface area contributed by atoms with E-state index in [1.165, 1.54) is 12.4 Å². The SMILES string of the molecule is CN(C)c1ccc(NS(=O)(=O)c2cnc(N)nc2)cc1. The quantitative estimate of drug-likeness (QED) is 0.869. The number of nitrogens with zero attached hydrogens (tertiary/aromatic N) is 3. The number of nitrogens with two attached hydrogens (primary N) is 1. The van der Waals surface area contributed by atoms with Crippen LogP contribution < -0.4 is 15.4 Å². The summed E-state index contributed by atoms with van der Waals surface area (Å²) in [6, 6.07) is 7.00. The minimum Gasteiger partial charge on any atom is -0.378 e. The number of benzene rings is 1. The molecular weight excluding hydrogens is 278 g/mol. The third-order valence-corrected chi connectivity index (χ3v) is 3.93. The number of nitrogen functional groups attached to an aromatic ring is 1. The standard InChI is InChI=1S/C12H15N5O2S/c1-17(2)10-5-3-9(4-6-10)16-20(18,19)11-7-14-12(13)15-8-11/h3-8,16H,1-2H3,(H2,13,14,15). The third kappa shape index (κ3) is 3.15. The summed E-state index contributed by atoms with van der Waals surface area (Å²) in [7, 11) is 0.108. The summed E-state index contributed by atoms with van der Waals surface area (Å²) in [4.78, 5) is 9.21. The zero-order valence-electron chi connectivity index (χ0n) is 11.1. The Morgan fingerprint density at radius 3 is 2.15 bits per heavy atom. The topological polar surface area (TPSA) is 101 Å². The second kappa shape index (κ2) is 5.33. The van der Waals surface area contributed by atoms with Crippen LogP contribution in [0.3, 0.4) is 0 Å². The molecule has 0 bridgehead atoms. The second-order valence-electron chi connectivity index (χ2n) is 4.32. The summed E-state index contributed by atoms with van der Waals surface area (Å²) < 4.78 is 26.6. The van der Waals surface area contributed by atoms with Crippen molar-refractivity contribution in [3.63, 3.8) is 0 Å². The van der Waals surface area contributed by atoms with Crippen LogP contribution in [0.2, 0.25) is 0 Å². The van der Waals surface area contributed by atoms with Gasteiger partial charge in [0, 0.05) is 25.5 Å². The first-order chi connectivity index (χ1) is 9.38. The van der Waals surface area contributed by atoms with Gasteiger partial charge in [-0.1, -0.05) is 0 Å². The van der Waals surface area contributed by atoms with Crippen molar-refractivity contribution in [3.8, 4) is 0 Å². The molecule has 0 aliphatic heterocycles. The molecule has 20 heavy (non-hydrogen) atoms. The summed E-state index contributed by atoms with van der Waals surface area (Å²) in [6.45, 7) is 0. The summed E-state index contributed by atoms with van der Waals surface area (Å²) >= 11 is 0. The maximum atomic E-state index is 12.1. The van der Waals surface area contributed by atoms with E-state index in [0.717, 1.165) is 5.69 Å². The number of hydrogen-bond donors (Lipinski definition) is 2. The Labute approximate surface area is 117 Å². The minimum atomic E-state index is -3.71. The average Bonchev–Trinajstić information content (AvgIpc) is 2.39. The van der Waals surface area contributed by atoms with Crippen LogP contribution in [0.1, 0.15) is 0 Å². The van der Waals surface area contributed by atoms with Gasteiger partial charge < -0.3 is 10.6 Å². The smallest absolute Gasteiger partial charge is 0.264 e. The molecule has 1 heterocycles. The number of anilines is 3. The molecule has 0 amide bonds. The van der Waals surface area contributed by atoms with Crippen molar-refractivity contribution in [3.05, 3.63) is 36.7 Å². The van der Waals surface area contributed by atoms with E-state index >= 15 is 0 Å². The first kappa shape index (κ1) is 14.1. The molecule has 0 saturated carbocycles. The van der Waals surface area contributed by atoms with Gasteiger partial charge in [0.25, 0.3) is 10.0 Å². The first-order valence-electron chi connectivity index (χ1n) is 5.76. The summed E-state index contributed by atoms with van der Waals surface area (Å²) in [5.41, 5.74) is 6.77. The molecule has 0 unspecified atom stereocenters. The minimum absolute atomic E-state index is 0.0271. The molecule has 0 atom stereocenters. The van der Waals surface area contributed by atoms with Crippen LogP contribution in [0.25, 0.3) is 0 Å². The lowest BCUT2D eigenvalue weighted by Gasteiger charge is -2.13. The molecule has 0 aliphatic rings. The first-order valence-corrected chi connectivity index (χ1v) is 7.24. The Bertz CT molecular complexity index is 681. The van der Waals surface area contributed by atoms with Gasteiger partial charge in [0.2, 0.25) is 5.95 Å². The van der Waals surface area contributed by atoms with Gasteiger partial charge in [0.05, 0.1) is 12.4 Å². The van der Waals surface area contributed by atoms with E-state index in [-0.39, 0.29) is 10.8 Å². The predicted octanol–water partition coefficient (Wildman–Crippen LogP) is 0.926. The van der Waals surface area contributed by atoms with E-state index < -0.39 is 10.0 Å². The molecular formula is C12H15N5O2S. The number of rotatable bonds is 4. The zero-order chi connectivity index (χ0) is 14.8. The normalized spacial score (nSPS) is 11.1. The van der Waals surface area contributed by atoms with E-state index in [2.05, 4.69) is 14.7 Å². The third-order valence-electron chi connectivity index (χ3n) is 2.59. The van der Waals surface area contributed by atoms with Crippen molar-refractivity contribution < 1.29 is 8.42 Å². The van der Waals surface area contributed by atoms with Gasteiger partial charge in [-0.3, -0.25) is 4.72 Å². The van der Waals surface area contributed by atoms with E-state index in [0.29, 0.717) is 5.69 Å². The molecule has 3 N–H and O–H groups in total. The number of aromatic nitrogens is 2. The van der Waals surface area contributed by atoms with Gasteiger partial charge >= 0.3 is 0 Å². The lowest BCUT2D eigenvalue weighted by Crippen LogP contribution is -2.14. The molecule has 1 aromatic heterocycles. The number of hydrogen-bond acceptors (Lipinski definition) is 6. The van der Waals surface area contributed by atoms with Crippen molar-refractivity contribution in [2.75, 3.05) is 29.5 Å². The van der Waals surface area contributed by atoms with E-state index in [9.17, 15) is 8.42 Å². The molecule has 0 fully saturated rings. The fourth-order valence-electron chi connectivity index (χ4n) is 1.51. The fourth-order valence-corrected chi connectivity index (χ4v) is 2.45. The Kier molecular flexibility index (Phi) is 3.75. The van der Waals surface area contributed by atoms with Crippen molar-refractivity contribution in [2.45, 2.75) is 4.90 Å². The lowest BCUT2D eigenvalue weighted by molar-refractivity contribution is 0.600. The Hall–Kier alpha value is -2.35. The van der Waals surface area contributed by atoms with Crippen molar-refractivity contribution in [1.29, 1.82) is 0 Å². The van der Waals surface area contributed by atoms with Crippen LogP contribution in [-0.2, 0) is 10.0 Å². The fraction of sp³-hybridized carbons (Fsp3) is 0.167. The van der Waals surface area contributed by atoms with E-state index in [1.54, 1.807) is 12.1 Å². The highest BCUT2D eigenvalue weighted by molar-refractivity contribution is 7.92. The van der Waals surface area contributed by atoms with Crippen LogP contribution in [0.5, 0.6) is 0 Å². The highest BCUT2D eigenvalue weighted by Gasteiger charge is 2.15. The van der Waals surface area contributed by atoms with Gasteiger partial charge in [0.15, 0.2) is 0 Å². The van der Waals surface area contributed by atoms with Crippen molar-refractivity contribution in [1.82, 2.24) is 9.97 Å². The molecule has 2 rings (SSSR count). The van der Waals surface area contributed by atoms with Crippen molar-refractivity contribution >= 4 is 27.3 Å². The van der Waals surface area contributed by atoms with Gasteiger partial charge in [-0.2, -0.15) is 0 Å². The highest BCUT2D eigenvalue weighted by atomic mass is 32.2. The summed E-state index contributed by atoms with van der Waals surface area (Å²) in [5, 5.41) is 0. The lowest BCUT2D eigenvalue weighted by atomic mass is 10.3. The largest absolute Gasteiger partial charge is 0.378 e. The summed E-state index contributed by atoms with van der Waals surface area (Å²) in [6.07, 6.45) is 2.33. The van der Waals surface area contributed by atoms with Gasteiger partial charge in [-0.05, 0) is 24.3 Å². The Morgan fingerprint density at radius 1 is 1.10 bits per heavy atom. The van der Waals surface area contributed by atoms with Crippen molar-refractivity contribution in [2.24, 2.45) is 0 Å². The number of nitrogens with one attached hydrogen (secondary N) is 1. The Balaban J connectivity index is 2.22. The van der Waals surface area contributed by atoms with Crippen LogP contribution in [0, 0.1) is 0 Å². The Morgan fingerprint density at radius 2 is 1.65 bits per heavy atom. The maximum Gasteiger partial charge on any atom is 0.264 e. The molecule has 7 nitrogen and oxygen atoms in total. The van der Waals surface area contributed by atoms with E-state index in [1.807, 2.05) is 31.1 Å². The van der Waals surface area contributed by atoms with Gasteiger partial charge in [0.1, 0.15) is 4.90 Å². The molecule has 0 radical (unpaired) electrons. The van der Waals surface area contributed by atoms with E-state index in [4.69, 9.17) is 5.73 Å². The molecule has 2 aromatic rings. The molecule has 0 saturated heterocycles. The maximum absolute atomic E-state index is 12.1. The molecule has 106 valence electrons. The molecule has 1 aromatic carbocycles. The van der Waals surface area contributed by atoms with Gasteiger partial charge in [-0.25, -0.2) is 18.4 Å². The molecule has 8 heteroatoms. The monoisotopic (exact) mass is 293 g/mol. The molecule has 0 aliphatic carbocycles. The van der Waals surface area contributed by atoms with Crippen LogP contribution in [0.4, 0.5) is 17.3 Å². The van der Waals surface area contributed by atoms with Crippen LogP contribution in [0.15, 0.2) is 41.6 Å². The molecule has 0 spiro atoms. The van der Waals surface area contributed by atoms with Crippen LogP contribution >= 0.6 is 0 Å². The number of sulfonamides is 1. The zero-order valence-corrected chi connectivity index (χ0v) is 11.9. The van der Waals surface area contributed by atoms with Gasteiger partial charge in [-0.15, -0.1) is 0 Å². The predicted molar refractivity (Wildman–Crippen MR) is 78.0 cm³/mol. The van der Waals surface area contributed by atoms with Crippen LogP contribution in [-0.4, -0.2) is 32.5 Å². The highest BCUT2D eigenvalue weighted by Crippen LogP contribution is 2.18. The average molecular weight is 293 g/mol. The second-order valence-corrected chi connectivity index (χ2v) is 6.01. The summed E-state index contributed by atoms with van der Waals surface area (Å²) in [5.74, 6) is 0.0271.